The van der Waals surface area contributed by atoms with Crippen molar-refractivity contribution in [3.63, 3.8) is 0 Å². The van der Waals surface area contributed by atoms with Crippen molar-refractivity contribution in [3.8, 4) is 0 Å². The van der Waals surface area contributed by atoms with Crippen LogP contribution in [-0.2, 0) is 14.9 Å². The van der Waals surface area contributed by atoms with Crippen molar-refractivity contribution in [1.29, 1.82) is 0 Å². The van der Waals surface area contributed by atoms with Crippen LogP contribution in [0.5, 0.6) is 0 Å². The number of carbonyl (C=O) groups is 2. The van der Waals surface area contributed by atoms with Crippen molar-refractivity contribution in [2.24, 2.45) is 0 Å². The van der Waals surface area contributed by atoms with Gasteiger partial charge in [-0.05, 0) is 24.0 Å². The fourth-order valence-corrected chi connectivity index (χ4v) is 3.16. The summed E-state index contributed by atoms with van der Waals surface area (Å²) in [6, 6.07) is 19.0. The summed E-state index contributed by atoms with van der Waals surface area (Å²) in [6.45, 7) is 0.586. The molecule has 0 spiro atoms. The largest absolute Gasteiger partial charge is 0.469 e. The molecular formula is C21H24N2O3. The Morgan fingerprint density at radius 3 is 2.23 bits per heavy atom. The number of hydrogen-bond donors (Lipinski definition) is 2. The van der Waals surface area contributed by atoms with E-state index in [0.29, 0.717) is 6.54 Å². The first kappa shape index (κ1) is 18.0. The maximum atomic E-state index is 12.4. The van der Waals surface area contributed by atoms with Crippen LogP contribution in [-0.4, -0.2) is 25.7 Å². The lowest BCUT2D eigenvalue weighted by molar-refractivity contribution is -0.141. The number of esters is 1. The summed E-state index contributed by atoms with van der Waals surface area (Å²) in [5.41, 5.74) is 2.18. The summed E-state index contributed by atoms with van der Waals surface area (Å²) in [5.74, 6) is -0.359. The van der Waals surface area contributed by atoms with Crippen LogP contribution in [0, 0.1) is 0 Å². The third-order valence-electron chi connectivity index (χ3n) is 4.93. The molecule has 2 aromatic carbocycles. The predicted molar refractivity (Wildman–Crippen MR) is 99.7 cm³/mol. The molecule has 0 saturated heterocycles. The van der Waals surface area contributed by atoms with Crippen LogP contribution in [0.2, 0.25) is 0 Å². The molecule has 2 aromatic rings. The monoisotopic (exact) mass is 352 g/mol. The molecule has 1 aliphatic rings. The lowest BCUT2D eigenvalue weighted by Gasteiger charge is -2.21. The van der Waals surface area contributed by atoms with Gasteiger partial charge < -0.3 is 15.4 Å². The van der Waals surface area contributed by atoms with E-state index in [1.54, 1.807) is 0 Å². The first-order chi connectivity index (χ1) is 12.6. The third-order valence-corrected chi connectivity index (χ3v) is 4.93. The summed E-state index contributed by atoms with van der Waals surface area (Å²) in [7, 11) is 1.35. The van der Waals surface area contributed by atoms with Gasteiger partial charge in [0.05, 0.1) is 19.6 Å². The Hall–Kier alpha value is -2.82. The summed E-state index contributed by atoms with van der Waals surface area (Å²) in [4.78, 5) is 24.1. The highest BCUT2D eigenvalue weighted by Gasteiger charge is 2.44. The third kappa shape index (κ3) is 4.42. The van der Waals surface area contributed by atoms with Gasteiger partial charge in [-0.25, -0.2) is 4.79 Å². The second-order valence-corrected chi connectivity index (χ2v) is 6.72. The molecule has 1 saturated carbocycles. The van der Waals surface area contributed by atoms with Gasteiger partial charge in [-0.1, -0.05) is 60.7 Å². The molecular weight excluding hydrogens is 328 g/mol. The van der Waals surface area contributed by atoms with Gasteiger partial charge in [0.15, 0.2) is 0 Å². The zero-order chi connectivity index (χ0) is 18.4. The fraction of sp³-hybridized carbons (Fsp3) is 0.333. The first-order valence-electron chi connectivity index (χ1n) is 8.85. The molecule has 3 rings (SSSR count). The molecule has 1 aliphatic carbocycles. The van der Waals surface area contributed by atoms with E-state index in [2.05, 4.69) is 22.8 Å². The minimum absolute atomic E-state index is 0.0448. The molecule has 0 aliphatic heterocycles. The van der Waals surface area contributed by atoms with Gasteiger partial charge in [0.1, 0.15) is 0 Å². The SMILES string of the molecule is COC(=O)C[C@H](NC(=O)NCC1(c2ccccc2)CC1)c1ccccc1. The van der Waals surface area contributed by atoms with Gasteiger partial charge >= 0.3 is 12.0 Å². The summed E-state index contributed by atoms with van der Waals surface area (Å²) < 4.78 is 4.76. The molecule has 136 valence electrons. The van der Waals surface area contributed by atoms with Crippen LogP contribution in [0.15, 0.2) is 60.7 Å². The highest BCUT2D eigenvalue weighted by Crippen LogP contribution is 2.47. The molecule has 2 N–H and O–H groups in total. The highest BCUT2D eigenvalue weighted by molar-refractivity contribution is 5.76. The molecule has 0 radical (unpaired) electrons. The van der Waals surface area contributed by atoms with Crippen molar-refractivity contribution in [2.45, 2.75) is 30.7 Å². The Morgan fingerprint density at radius 1 is 1.04 bits per heavy atom. The molecule has 0 bridgehead atoms. The predicted octanol–water partition coefficient (Wildman–Crippen LogP) is 3.32. The van der Waals surface area contributed by atoms with Crippen LogP contribution in [0.4, 0.5) is 4.79 Å². The van der Waals surface area contributed by atoms with Crippen molar-refractivity contribution in [2.75, 3.05) is 13.7 Å². The topological polar surface area (TPSA) is 67.4 Å². The van der Waals surface area contributed by atoms with E-state index < -0.39 is 6.04 Å². The molecule has 26 heavy (non-hydrogen) atoms. The molecule has 1 fully saturated rings. The zero-order valence-corrected chi connectivity index (χ0v) is 14.9. The van der Waals surface area contributed by atoms with Gasteiger partial charge in [-0.2, -0.15) is 0 Å². The molecule has 0 heterocycles. The van der Waals surface area contributed by atoms with Crippen LogP contribution >= 0.6 is 0 Å². The number of rotatable bonds is 7. The van der Waals surface area contributed by atoms with Crippen molar-refractivity contribution in [3.05, 3.63) is 71.8 Å². The maximum Gasteiger partial charge on any atom is 0.315 e. The van der Waals surface area contributed by atoms with Gasteiger partial charge in [0, 0.05) is 12.0 Å². The van der Waals surface area contributed by atoms with Gasteiger partial charge in [0.25, 0.3) is 0 Å². The number of benzene rings is 2. The Morgan fingerprint density at radius 2 is 1.65 bits per heavy atom. The summed E-state index contributed by atoms with van der Waals surface area (Å²) >= 11 is 0. The number of methoxy groups -OCH3 is 1. The molecule has 2 amide bonds. The second kappa shape index (κ2) is 8.04. The fourth-order valence-electron chi connectivity index (χ4n) is 3.16. The van der Waals surface area contributed by atoms with Crippen LogP contribution in [0.3, 0.4) is 0 Å². The number of urea groups is 1. The second-order valence-electron chi connectivity index (χ2n) is 6.72. The number of amides is 2. The molecule has 1 atom stereocenters. The van der Waals surface area contributed by atoms with Gasteiger partial charge in [-0.3, -0.25) is 4.79 Å². The number of hydrogen-bond acceptors (Lipinski definition) is 3. The van der Waals surface area contributed by atoms with Gasteiger partial charge in [0.2, 0.25) is 0 Å². The van der Waals surface area contributed by atoms with Crippen molar-refractivity contribution in [1.82, 2.24) is 10.6 Å². The molecule has 0 aromatic heterocycles. The van der Waals surface area contributed by atoms with E-state index in [-0.39, 0.29) is 23.8 Å². The minimum Gasteiger partial charge on any atom is -0.469 e. The molecule has 0 unspecified atom stereocenters. The Labute approximate surface area is 153 Å². The lowest BCUT2D eigenvalue weighted by Crippen LogP contribution is -2.42. The quantitative estimate of drug-likeness (QED) is 0.751. The lowest BCUT2D eigenvalue weighted by atomic mass is 9.96. The Bertz CT molecular complexity index is 742. The highest BCUT2D eigenvalue weighted by atomic mass is 16.5. The van der Waals surface area contributed by atoms with Gasteiger partial charge in [-0.15, -0.1) is 0 Å². The smallest absolute Gasteiger partial charge is 0.315 e. The van der Waals surface area contributed by atoms with E-state index in [0.717, 1.165) is 18.4 Å². The summed E-state index contributed by atoms with van der Waals surface area (Å²) in [6.07, 6.45) is 2.24. The first-order valence-corrected chi connectivity index (χ1v) is 8.85. The average molecular weight is 352 g/mol. The zero-order valence-electron chi connectivity index (χ0n) is 14.9. The maximum absolute atomic E-state index is 12.4. The average Bonchev–Trinajstić information content (AvgIpc) is 3.48. The van der Waals surface area contributed by atoms with Crippen molar-refractivity contribution < 1.29 is 14.3 Å². The minimum atomic E-state index is -0.421. The normalized spacial score (nSPS) is 15.6. The van der Waals surface area contributed by atoms with E-state index in [9.17, 15) is 9.59 Å². The van der Waals surface area contributed by atoms with E-state index in [1.807, 2.05) is 48.5 Å². The van der Waals surface area contributed by atoms with Crippen LogP contribution in [0.25, 0.3) is 0 Å². The summed E-state index contributed by atoms with van der Waals surface area (Å²) in [5, 5.41) is 5.87. The number of nitrogens with one attached hydrogen (secondary N) is 2. The van der Waals surface area contributed by atoms with Crippen molar-refractivity contribution >= 4 is 12.0 Å². The number of carbonyl (C=O) groups excluding carboxylic acids is 2. The standard InChI is InChI=1S/C21H24N2O3/c1-26-19(24)14-18(16-8-4-2-5-9-16)23-20(25)22-15-21(12-13-21)17-10-6-3-7-11-17/h2-11,18H,12-15H2,1H3,(H2,22,23,25)/t18-/m0/s1. The Kier molecular flexibility index (Phi) is 5.56. The van der Waals surface area contributed by atoms with E-state index in [4.69, 9.17) is 4.74 Å². The number of ether oxygens (including phenoxy) is 1. The van der Waals surface area contributed by atoms with Crippen LogP contribution < -0.4 is 10.6 Å². The molecule has 5 nitrogen and oxygen atoms in total. The van der Waals surface area contributed by atoms with E-state index in [1.165, 1.54) is 12.7 Å². The van der Waals surface area contributed by atoms with Crippen LogP contribution in [0.1, 0.15) is 36.4 Å². The van der Waals surface area contributed by atoms with E-state index >= 15 is 0 Å². The molecule has 5 heteroatoms. The Balaban J connectivity index is 1.60.